The summed E-state index contributed by atoms with van der Waals surface area (Å²) >= 11 is 1.84. The van der Waals surface area contributed by atoms with E-state index in [4.69, 9.17) is 15.2 Å². The third kappa shape index (κ3) is 1.11. The number of benzene rings is 1. The van der Waals surface area contributed by atoms with Crippen molar-refractivity contribution in [1.82, 2.24) is 0 Å². The van der Waals surface area contributed by atoms with Crippen LogP contribution in [0.5, 0.6) is 11.5 Å². The summed E-state index contributed by atoms with van der Waals surface area (Å²) in [6.07, 6.45) is 1.01. The topological polar surface area (TPSA) is 44.5 Å². The molecule has 4 heteroatoms. The summed E-state index contributed by atoms with van der Waals surface area (Å²) < 4.78 is 10.8. The maximum absolute atomic E-state index is 6.07. The lowest BCUT2D eigenvalue weighted by atomic mass is 10.0. The molecule has 3 nitrogen and oxygen atoms in total. The molecule has 74 valence electrons. The van der Waals surface area contributed by atoms with Crippen molar-refractivity contribution in [1.29, 1.82) is 0 Å². The molecule has 1 atom stereocenters. The van der Waals surface area contributed by atoms with Crippen LogP contribution in [0.1, 0.15) is 18.0 Å². The van der Waals surface area contributed by atoms with Crippen LogP contribution in [0, 0.1) is 0 Å². The highest BCUT2D eigenvalue weighted by atomic mass is 32.2. The Labute approximate surface area is 86.6 Å². The van der Waals surface area contributed by atoms with E-state index < -0.39 is 0 Å². The number of nitrogens with two attached hydrogens (primary N) is 1. The lowest BCUT2D eigenvalue weighted by molar-refractivity contribution is 0.172. The van der Waals surface area contributed by atoms with E-state index in [1.54, 1.807) is 0 Å². The first-order valence-corrected chi connectivity index (χ1v) is 5.65. The van der Waals surface area contributed by atoms with Gasteiger partial charge < -0.3 is 15.2 Å². The maximum Gasteiger partial charge on any atom is 0.231 e. The van der Waals surface area contributed by atoms with Crippen LogP contribution in [0.4, 0.5) is 0 Å². The predicted octanol–water partition coefficient (Wildman–Crippen LogP) is 1.91. The highest BCUT2D eigenvalue weighted by Crippen LogP contribution is 2.46. The van der Waals surface area contributed by atoms with Crippen LogP contribution in [0.2, 0.25) is 0 Å². The van der Waals surface area contributed by atoms with Gasteiger partial charge in [-0.1, -0.05) is 0 Å². The van der Waals surface area contributed by atoms with Gasteiger partial charge >= 0.3 is 0 Å². The Balaban J connectivity index is 2.19. The Kier molecular flexibility index (Phi) is 1.85. The van der Waals surface area contributed by atoms with E-state index in [1.807, 2.05) is 17.8 Å². The van der Waals surface area contributed by atoms with E-state index in [-0.39, 0.29) is 6.04 Å². The molecule has 14 heavy (non-hydrogen) atoms. The summed E-state index contributed by atoms with van der Waals surface area (Å²) in [5.41, 5.74) is 7.21. The summed E-state index contributed by atoms with van der Waals surface area (Å²) in [4.78, 5) is 1.24. The van der Waals surface area contributed by atoms with Gasteiger partial charge in [-0.2, -0.15) is 0 Å². The van der Waals surface area contributed by atoms with Gasteiger partial charge in [-0.05, 0) is 24.3 Å². The van der Waals surface area contributed by atoms with Gasteiger partial charge in [0.15, 0.2) is 11.5 Å². The second-order valence-corrected chi connectivity index (χ2v) is 4.59. The van der Waals surface area contributed by atoms with Crippen LogP contribution >= 0.6 is 11.8 Å². The van der Waals surface area contributed by atoms with Gasteiger partial charge in [0.2, 0.25) is 6.79 Å². The minimum Gasteiger partial charge on any atom is -0.454 e. The van der Waals surface area contributed by atoms with E-state index in [1.165, 1.54) is 4.90 Å². The number of ether oxygens (including phenoxy) is 2. The minimum absolute atomic E-state index is 0.0999. The second kappa shape index (κ2) is 3.07. The number of hydrogen-bond acceptors (Lipinski definition) is 4. The molecule has 0 aliphatic carbocycles. The van der Waals surface area contributed by atoms with E-state index >= 15 is 0 Å². The Morgan fingerprint density at radius 2 is 2.29 bits per heavy atom. The third-order valence-electron chi connectivity index (χ3n) is 2.59. The van der Waals surface area contributed by atoms with Crippen LogP contribution in [0.3, 0.4) is 0 Å². The minimum atomic E-state index is 0.0999. The fraction of sp³-hybridized carbons (Fsp3) is 0.400. The summed E-state index contributed by atoms with van der Waals surface area (Å²) in [5.74, 6) is 2.79. The molecule has 0 saturated heterocycles. The van der Waals surface area contributed by atoms with Crippen LogP contribution in [-0.2, 0) is 0 Å². The number of rotatable bonds is 0. The molecule has 0 aromatic heterocycles. The van der Waals surface area contributed by atoms with Crippen molar-refractivity contribution < 1.29 is 9.47 Å². The molecule has 2 aliphatic rings. The normalized spacial score (nSPS) is 23.4. The molecule has 0 amide bonds. The lowest BCUT2D eigenvalue weighted by Gasteiger charge is -2.22. The molecule has 0 bridgehead atoms. The van der Waals surface area contributed by atoms with Gasteiger partial charge in [-0.3, -0.25) is 0 Å². The first-order chi connectivity index (χ1) is 6.86. The molecule has 0 spiro atoms. The molecule has 1 aromatic carbocycles. The monoisotopic (exact) mass is 209 g/mol. The van der Waals surface area contributed by atoms with Crippen molar-refractivity contribution in [2.24, 2.45) is 5.73 Å². The Bertz CT molecular complexity index is 381. The SMILES string of the molecule is NC1CCSc2ccc3c(c21)OCO3. The number of thioether (sulfide) groups is 1. The zero-order valence-electron chi connectivity index (χ0n) is 7.66. The fourth-order valence-electron chi connectivity index (χ4n) is 1.89. The van der Waals surface area contributed by atoms with Crippen molar-refractivity contribution in [3.8, 4) is 11.5 Å². The van der Waals surface area contributed by atoms with Crippen molar-refractivity contribution in [2.45, 2.75) is 17.4 Å². The van der Waals surface area contributed by atoms with E-state index in [2.05, 4.69) is 6.07 Å². The predicted molar refractivity (Wildman–Crippen MR) is 54.8 cm³/mol. The summed E-state index contributed by atoms with van der Waals surface area (Å²) in [7, 11) is 0. The van der Waals surface area contributed by atoms with Gasteiger partial charge in [0.25, 0.3) is 0 Å². The average Bonchev–Trinajstić information content (AvgIpc) is 2.65. The lowest BCUT2D eigenvalue weighted by Crippen LogP contribution is -2.16. The summed E-state index contributed by atoms with van der Waals surface area (Å²) in [5, 5.41) is 0. The van der Waals surface area contributed by atoms with Gasteiger partial charge in [0.1, 0.15) is 0 Å². The molecule has 3 rings (SSSR count). The standard InChI is InChI=1S/C10H11NO2S/c11-6-3-4-14-8-2-1-7-10(9(6)8)13-5-12-7/h1-2,6H,3-5,11H2. The second-order valence-electron chi connectivity index (χ2n) is 3.45. The van der Waals surface area contributed by atoms with Gasteiger partial charge in [0.05, 0.1) is 0 Å². The molecular weight excluding hydrogens is 198 g/mol. The maximum atomic E-state index is 6.07. The molecule has 1 unspecified atom stereocenters. The first-order valence-electron chi connectivity index (χ1n) is 4.67. The van der Waals surface area contributed by atoms with E-state index in [0.29, 0.717) is 6.79 Å². The zero-order chi connectivity index (χ0) is 9.54. The zero-order valence-corrected chi connectivity index (χ0v) is 8.47. The molecule has 2 N–H and O–H groups in total. The summed E-state index contributed by atoms with van der Waals surface area (Å²) in [6.45, 7) is 0.323. The van der Waals surface area contributed by atoms with Crippen LogP contribution in [-0.4, -0.2) is 12.5 Å². The smallest absolute Gasteiger partial charge is 0.231 e. The molecule has 0 radical (unpaired) electrons. The largest absolute Gasteiger partial charge is 0.454 e. The Morgan fingerprint density at radius 3 is 3.21 bits per heavy atom. The van der Waals surface area contributed by atoms with E-state index in [9.17, 15) is 0 Å². The molecule has 2 heterocycles. The van der Waals surface area contributed by atoms with Gasteiger partial charge in [-0.25, -0.2) is 0 Å². The molecule has 2 aliphatic heterocycles. The fourth-order valence-corrected chi connectivity index (χ4v) is 3.05. The van der Waals surface area contributed by atoms with Crippen molar-refractivity contribution in [3.63, 3.8) is 0 Å². The molecule has 1 aromatic rings. The summed E-state index contributed by atoms with van der Waals surface area (Å²) in [6, 6.07) is 4.14. The quantitative estimate of drug-likeness (QED) is 0.709. The van der Waals surface area contributed by atoms with Crippen LogP contribution in [0.25, 0.3) is 0 Å². The van der Waals surface area contributed by atoms with Crippen molar-refractivity contribution >= 4 is 11.8 Å². The molecular formula is C10H11NO2S. The van der Waals surface area contributed by atoms with Gasteiger partial charge in [0, 0.05) is 16.5 Å². The van der Waals surface area contributed by atoms with Crippen molar-refractivity contribution in [2.75, 3.05) is 12.5 Å². The van der Waals surface area contributed by atoms with E-state index in [0.717, 1.165) is 29.2 Å². The number of hydrogen-bond donors (Lipinski definition) is 1. The first kappa shape index (κ1) is 8.44. The number of fused-ring (bicyclic) bond motifs is 3. The van der Waals surface area contributed by atoms with Crippen LogP contribution in [0.15, 0.2) is 17.0 Å². The highest BCUT2D eigenvalue weighted by molar-refractivity contribution is 7.99. The van der Waals surface area contributed by atoms with Crippen LogP contribution < -0.4 is 15.2 Å². The Hall–Kier alpha value is -0.870. The average molecular weight is 209 g/mol. The highest BCUT2D eigenvalue weighted by Gasteiger charge is 2.27. The van der Waals surface area contributed by atoms with Crippen molar-refractivity contribution in [3.05, 3.63) is 17.7 Å². The molecule has 0 saturated carbocycles. The van der Waals surface area contributed by atoms with Gasteiger partial charge in [-0.15, -0.1) is 11.8 Å². The Morgan fingerprint density at radius 1 is 1.36 bits per heavy atom. The molecule has 0 fully saturated rings. The third-order valence-corrected chi connectivity index (χ3v) is 3.70.